The minimum atomic E-state index is -0.770. The van der Waals surface area contributed by atoms with Crippen molar-refractivity contribution in [2.75, 3.05) is 24.2 Å². The number of ether oxygens (including phenoxy) is 1. The zero-order valence-electron chi connectivity index (χ0n) is 12.9. The first-order chi connectivity index (χ1) is 10.3. The lowest BCUT2D eigenvalue weighted by Gasteiger charge is -2.22. The second-order valence-corrected chi connectivity index (χ2v) is 5.77. The maximum atomic E-state index is 11.6. The van der Waals surface area contributed by atoms with Gasteiger partial charge in [-0.3, -0.25) is 0 Å². The van der Waals surface area contributed by atoms with Crippen LogP contribution in [-0.4, -0.2) is 47.6 Å². The number of hydrogen-bond acceptors (Lipinski definition) is 7. The highest BCUT2D eigenvalue weighted by Gasteiger charge is 2.19. The second kappa shape index (κ2) is 7.79. The summed E-state index contributed by atoms with van der Waals surface area (Å²) in [4.78, 5) is 30.6. The number of anilines is 2. The standard InChI is InChI=1S/C13H20ClN5O3/c1-13(2,3)22-12(21)19-8(6-20)5-16-11-9(15-4)10(14)17-7-18-11/h6-8,15H,5H2,1-4H3,(H,19,21)(H,16,17,18)/t8-/m0/s1. The van der Waals surface area contributed by atoms with E-state index < -0.39 is 17.7 Å². The zero-order chi connectivity index (χ0) is 16.8. The van der Waals surface area contributed by atoms with Crippen molar-refractivity contribution in [3.05, 3.63) is 11.5 Å². The summed E-state index contributed by atoms with van der Waals surface area (Å²) in [6, 6.07) is -0.770. The van der Waals surface area contributed by atoms with Crippen LogP contribution in [0.25, 0.3) is 0 Å². The fourth-order valence-electron chi connectivity index (χ4n) is 1.52. The monoisotopic (exact) mass is 329 g/mol. The van der Waals surface area contributed by atoms with Crippen LogP contribution in [0, 0.1) is 0 Å². The minimum Gasteiger partial charge on any atom is -0.444 e. The van der Waals surface area contributed by atoms with Crippen LogP contribution in [-0.2, 0) is 9.53 Å². The van der Waals surface area contributed by atoms with Gasteiger partial charge in [0, 0.05) is 13.6 Å². The largest absolute Gasteiger partial charge is 0.444 e. The number of carbonyl (C=O) groups is 2. The van der Waals surface area contributed by atoms with Crippen molar-refractivity contribution < 1.29 is 14.3 Å². The molecule has 0 unspecified atom stereocenters. The number of hydrogen-bond donors (Lipinski definition) is 3. The predicted octanol–water partition coefficient (Wildman–Crippen LogP) is 1.68. The predicted molar refractivity (Wildman–Crippen MR) is 84.3 cm³/mol. The van der Waals surface area contributed by atoms with E-state index in [1.54, 1.807) is 27.8 Å². The van der Waals surface area contributed by atoms with Crippen LogP contribution in [0.4, 0.5) is 16.3 Å². The van der Waals surface area contributed by atoms with Crippen LogP contribution in [0.2, 0.25) is 5.15 Å². The molecule has 1 heterocycles. The molecule has 0 aromatic carbocycles. The van der Waals surface area contributed by atoms with E-state index in [2.05, 4.69) is 25.9 Å². The van der Waals surface area contributed by atoms with Gasteiger partial charge in [0.25, 0.3) is 0 Å². The molecular formula is C13H20ClN5O3. The van der Waals surface area contributed by atoms with Crippen molar-refractivity contribution in [3.8, 4) is 0 Å². The number of nitrogens with one attached hydrogen (secondary N) is 3. The molecule has 1 aromatic heterocycles. The van der Waals surface area contributed by atoms with Crippen molar-refractivity contribution in [2.45, 2.75) is 32.4 Å². The molecule has 1 rings (SSSR count). The van der Waals surface area contributed by atoms with Crippen molar-refractivity contribution in [2.24, 2.45) is 0 Å². The van der Waals surface area contributed by atoms with Gasteiger partial charge in [0.1, 0.15) is 29.9 Å². The molecule has 0 radical (unpaired) electrons. The number of carbonyl (C=O) groups excluding carboxylic acids is 2. The molecule has 1 amide bonds. The molecule has 3 N–H and O–H groups in total. The number of alkyl carbamates (subject to hydrolysis) is 1. The summed E-state index contributed by atoms with van der Waals surface area (Å²) in [5, 5.41) is 8.49. The Kier molecular flexibility index (Phi) is 6.36. The molecule has 0 aliphatic heterocycles. The Bertz CT molecular complexity index is 533. The van der Waals surface area contributed by atoms with Crippen molar-refractivity contribution in [1.82, 2.24) is 15.3 Å². The highest BCUT2D eigenvalue weighted by Crippen LogP contribution is 2.25. The molecule has 0 saturated carbocycles. The molecule has 1 aromatic rings. The quantitative estimate of drug-likeness (QED) is 0.538. The molecular weight excluding hydrogens is 310 g/mol. The van der Waals surface area contributed by atoms with E-state index in [0.717, 1.165) is 0 Å². The molecule has 0 aliphatic rings. The fraction of sp³-hybridized carbons (Fsp3) is 0.538. The van der Waals surface area contributed by atoms with E-state index in [-0.39, 0.29) is 11.7 Å². The van der Waals surface area contributed by atoms with Crippen molar-refractivity contribution in [3.63, 3.8) is 0 Å². The Morgan fingerprint density at radius 2 is 2.14 bits per heavy atom. The van der Waals surface area contributed by atoms with E-state index in [1.807, 2.05) is 0 Å². The second-order valence-electron chi connectivity index (χ2n) is 5.41. The normalized spacial score (nSPS) is 12.2. The van der Waals surface area contributed by atoms with Crippen LogP contribution in [0.3, 0.4) is 0 Å². The number of rotatable bonds is 6. The Hall–Kier alpha value is -2.09. The van der Waals surface area contributed by atoms with Crippen molar-refractivity contribution in [1.29, 1.82) is 0 Å². The van der Waals surface area contributed by atoms with E-state index in [0.29, 0.717) is 17.8 Å². The third kappa shape index (κ3) is 5.72. The number of aromatic nitrogens is 2. The van der Waals surface area contributed by atoms with Gasteiger partial charge in [-0.15, -0.1) is 0 Å². The number of aldehydes is 1. The number of amides is 1. The molecule has 0 aliphatic carbocycles. The Balaban J connectivity index is 2.63. The maximum absolute atomic E-state index is 11.6. The van der Waals surface area contributed by atoms with Gasteiger partial charge < -0.3 is 25.5 Å². The van der Waals surface area contributed by atoms with Gasteiger partial charge in [0.05, 0.1) is 0 Å². The van der Waals surface area contributed by atoms with Gasteiger partial charge in [-0.05, 0) is 20.8 Å². The first kappa shape index (κ1) is 18.0. The average molecular weight is 330 g/mol. The third-order valence-electron chi connectivity index (χ3n) is 2.41. The SMILES string of the molecule is CNc1c(Cl)ncnc1NC[C@@H](C=O)NC(=O)OC(C)(C)C. The Labute approximate surface area is 134 Å². The lowest BCUT2D eigenvalue weighted by molar-refractivity contribution is -0.109. The first-order valence-electron chi connectivity index (χ1n) is 6.63. The third-order valence-corrected chi connectivity index (χ3v) is 2.69. The van der Waals surface area contributed by atoms with Crippen LogP contribution in [0.5, 0.6) is 0 Å². The molecule has 9 heteroatoms. The summed E-state index contributed by atoms with van der Waals surface area (Å²) in [6.45, 7) is 5.35. The zero-order valence-corrected chi connectivity index (χ0v) is 13.7. The van der Waals surface area contributed by atoms with E-state index in [1.165, 1.54) is 6.33 Å². The van der Waals surface area contributed by atoms with Crippen LogP contribution in [0.1, 0.15) is 20.8 Å². The highest BCUT2D eigenvalue weighted by atomic mass is 35.5. The van der Waals surface area contributed by atoms with Gasteiger partial charge in [-0.2, -0.15) is 0 Å². The molecule has 1 atom stereocenters. The average Bonchev–Trinajstić information content (AvgIpc) is 2.41. The molecule has 0 saturated heterocycles. The summed E-state index contributed by atoms with van der Waals surface area (Å²) in [5.74, 6) is 0.431. The lowest BCUT2D eigenvalue weighted by atomic mass is 10.2. The smallest absolute Gasteiger partial charge is 0.408 e. The molecule has 0 fully saturated rings. The minimum absolute atomic E-state index is 0.130. The highest BCUT2D eigenvalue weighted by molar-refractivity contribution is 6.32. The summed E-state index contributed by atoms with van der Waals surface area (Å²) in [5.41, 5.74) is -0.129. The van der Waals surface area contributed by atoms with Crippen molar-refractivity contribution >= 4 is 35.5 Å². The first-order valence-corrected chi connectivity index (χ1v) is 7.01. The van der Waals surface area contributed by atoms with E-state index in [4.69, 9.17) is 16.3 Å². The number of nitrogens with zero attached hydrogens (tertiary/aromatic N) is 2. The van der Waals surface area contributed by atoms with Gasteiger partial charge in [-0.25, -0.2) is 14.8 Å². The topological polar surface area (TPSA) is 105 Å². The van der Waals surface area contributed by atoms with E-state index >= 15 is 0 Å². The Morgan fingerprint density at radius 3 is 2.68 bits per heavy atom. The summed E-state index contributed by atoms with van der Waals surface area (Å²) in [6.07, 6.45) is 1.24. The summed E-state index contributed by atoms with van der Waals surface area (Å²) >= 11 is 5.92. The molecule has 0 bridgehead atoms. The van der Waals surface area contributed by atoms with Gasteiger partial charge >= 0.3 is 6.09 Å². The van der Waals surface area contributed by atoms with Gasteiger partial charge in [-0.1, -0.05) is 11.6 Å². The molecule has 8 nitrogen and oxygen atoms in total. The maximum Gasteiger partial charge on any atom is 0.408 e. The molecule has 122 valence electrons. The summed E-state index contributed by atoms with van der Waals surface area (Å²) in [7, 11) is 1.67. The molecule has 0 spiro atoms. The van der Waals surface area contributed by atoms with Crippen LogP contribution >= 0.6 is 11.6 Å². The number of halogens is 1. The van der Waals surface area contributed by atoms with Crippen LogP contribution < -0.4 is 16.0 Å². The fourth-order valence-corrected chi connectivity index (χ4v) is 1.75. The van der Waals surface area contributed by atoms with E-state index in [9.17, 15) is 9.59 Å². The Morgan fingerprint density at radius 1 is 1.45 bits per heavy atom. The van der Waals surface area contributed by atoms with Crippen LogP contribution in [0.15, 0.2) is 6.33 Å². The lowest BCUT2D eigenvalue weighted by Crippen LogP contribution is -2.43. The van der Waals surface area contributed by atoms with Gasteiger partial charge in [0.15, 0.2) is 11.0 Å². The summed E-state index contributed by atoms with van der Waals surface area (Å²) < 4.78 is 5.09. The molecule has 22 heavy (non-hydrogen) atoms. The van der Waals surface area contributed by atoms with Gasteiger partial charge in [0.2, 0.25) is 0 Å².